The van der Waals surface area contributed by atoms with E-state index in [9.17, 15) is 9.59 Å². The summed E-state index contributed by atoms with van der Waals surface area (Å²) in [6.45, 7) is -0.471. The molecule has 0 aromatic heterocycles. The highest BCUT2D eigenvalue weighted by molar-refractivity contribution is 6.08. The molecule has 0 spiro atoms. The molecule has 0 N–H and O–H groups in total. The molecule has 3 aromatic rings. The quantitative estimate of drug-likeness (QED) is 0.341. The highest BCUT2D eigenvalue weighted by Gasteiger charge is 2.43. The number of amides is 1. The van der Waals surface area contributed by atoms with Crippen molar-refractivity contribution in [1.29, 1.82) is 0 Å². The number of nitrogens with zero attached hydrogens (tertiary/aromatic N) is 2. The van der Waals surface area contributed by atoms with Gasteiger partial charge in [-0.2, -0.15) is 5.10 Å². The molecule has 2 atom stereocenters. The van der Waals surface area contributed by atoms with Crippen molar-refractivity contribution in [2.45, 2.75) is 25.3 Å². The summed E-state index contributed by atoms with van der Waals surface area (Å²) >= 11 is 0. The van der Waals surface area contributed by atoms with Gasteiger partial charge in [0.2, 0.25) is 0 Å². The lowest BCUT2D eigenvalue weighted by molar-refractivity contribution is -0.137. The molecule has 0 radical (unpaired) electrons. The largest absolute Gasteiger partial charge is 0.496 e. The summed E-state index contributed by atoms with van der Waals surface area (Å²) in [5.74, 6) is -0.0537. The van der Waals surface area contributed by atoms with Crippen molar-refractivity contribution in [3.8, 4) is 17.2 Å². The van der Waals surface area contributed by atoms with Crippen LogP contribution in [0.25, 0.3) is 6.08 Å². The van der Waals surface area contributed by atoms with Crippen molar-refractivity contribution in [2.75, 3.05) is 27.9 Å². The minimum atomic E-state index is -0.712. The standard InChI is InChI=1S/C32H32N2O6/c1-37-26-19-28(39-3)27(38-2)18-25(26)32(36)40-20-29(35)34-31(22-13-8-5-9-14-22)24-16-10-15-23(30(24)33-34)17-21-11-6-4-7-12-21/h4-9,11-14,17-19,24,31H,10,15-16,20H2,1-3H3. The summed E-state index contributed by atoms with van der Waals surface area (Å²) in [5, 5.41) is 6.36. The molecule has 1 saturated carbocycles. The Labute approximate surface area is 233 Å². The summed E-state index contributed by atoms with van der Waals surface area (Å²) in [6, 6.07) is 22.8. The van der Waals surface area contributed by atoms with E-state index in [4.69, 9.17) is 24.0 Å². The molecule has 3 aromatic carbocycles. The Balaban J connectivity index is 1.41. The van der Waals surface area contributed by atoms with E-state index in [0.717, 1.165) is 41.7 Å². The number of hydrogen-bond acceptors (Lipinski definition) is 7. The molecular weight excluding hydrogens is 508 g/mol. The highest BCUT2D eigenvalue weighted by Crippen LogP contribution is 2.44. The average Bonchev–Trinajstić information content (AvgIpc) is 3.40. The number of benzene rings is 3. The van der Waals surface area contributed by atoms with Crippen molar-refractivity contribution in [2.24, 2.45) is 11.0 Å². The van der Waals surface area contributed by atoms with E-state index in [0.29, 0.717) is 11.5 Å². The van der Waals surface area contributed by atoms with Crippen molar-refractivity contribution < 1.29 is 28.5 Å². The molecule has 8 nitrogen and oxygen atoms in total. The van der Waals surface area contributed by atoms with Gasteiger partial charge in [-0.3, -0.25) is 4.79 Å². The normalized spacial score (nSPS) is 19.0. The first-order valence-electron chi connectivity index (χ1n) is 13.2. The number of allylic oxidation sites excluding steroid dienone is 1. The molecule has 1 amide bonds. The van der Waals surface area contributed by atoms with Crippen LogP contribution in [0.4, 0.5) is 0 Å². The Morgan fingerprint density at radius 1 is 0.900 bits per heavy atom. The van der Waals surface area contributed by atoms with E-state index >= 15 is 0 Å². The molecule has 2 unspecified atom stereocenters. The van der Waals surface area contributed by atoms with Gasteiger partial charge >= 0.3 is 5.97 Å². The van der Waals surface area contributed by atoms with E-state index in [1.54, 1.807) is 6.07 Å². The summed E-state index contributed by atoms with van der Waals surface area (Å²) in [7, 11) is 4.40. The van der Waals surface area contributed by atoms with Gasteiger partial charge in [0.15, 0.2) is 18.1 Å². The molecule has 2 aliphatic rings. The van der Waals surface area contributed by atoms with Crippen LogP contribution in [0.5, 0.6) is 17.2 Å². The third-order valence-corrected chi connectivity index (χ3v) is 7.29. The van der Waals surface area contributed by atoms with Crippen LogP contribution < -0.4 is 14.2 Å². The van der Waals surface area contributed by atoms with Crippen LogP contribution in [0.1, 0.15) is 46.8 Å². The Bertz CT molecular complexity index is 1430. The minimum Gasteiger partial charge on any atom is -0.496 e. The minimum absolute atomic E-state index is 0.0525. The number of fused-ring (bicyclic) bond motifs is 1. The molecule has 1 heterocycles. The van der Waals surface area contributed by atoms with Gasteiger partial charge in [-0.15, -0.1) is 0 Å². The topological polar surface area (TPSA) is 86.7 Å². The fraction of sp³-hybridized carbons (Fsp3) is 0.281. The summed E-state index contributed by atoms with van der Waals surface area (Å²) in [5.41, 5.74) is 4.27. The SMILES string of the molecule is COc1cc(OC)c(C(=O)OCC(=O)N2N=C3C(=Cc4ccccc4)CCCC3C2c2ccccc2)cc1OC. The van der Waals surface area contributed by atoms with Crippen LogP contribution in [0.15, 0.2) is 83.5 Å². The number of rotatable bonds is 8. The monoisotopic (exact) mass is 540 g/mol. The van der Waals surface area contributed by atoms with Crippen LogP contribution in [-0.2, 0) is 9.53 Å². The highest BCUT2D eigenvalue weighted by atomic mass is 16.5. The van der Waals surface area contributed by atoms with Gasteiger partial charge in [-0.1, -0.05) is 60.7 Å². The number of carbonyl (C=O) groups excluding carboxylic acids is 2. The van der Waals surface area contributed by atoms with Gasteiger partial charge in [0.05, 0.1) is 33.1 Å². The van der Waals surface area contributed by atoms with E-state index in [1.807, 2.05) is 48.5 Å². The van der Waals surface area contributed by atoms with Crippen molar-refractivity contribution in [3.05, 3.63) is 95.1 Å². The van der Waals surface area contributed by atoms with Crippen LogP contribution >= 0.6 is 0 Å². The van der Waals surface area contributed by atoms with E-state index in [-0.39, 0.29) is 23.3 Å². The molecule has 0 saturated heterocycles. The maximum absolute atomic E-state index is 13.6. The maximum Gasteiger partial charge on any atom is 0.342 e. The summed E-state index contributed by atoms with van der Waals surface area (Å²) < 4.78 is 21.4. The fourth-order valence-electron chi connectivity index (χ4n) is 5.40. The first-order valence-corrected chi connectivity index (χ1v) is 13.2. The zero-order valence-electron chi connectivity index (χ0n) is 22.8. The number of hydrogen-bond donors (Lipinski definition) is 0. The molecule has 8 heteroatoms. The molecule has 206 valence electrons. The Morgan fingerprint density at radius 3 is 2.23 bits per heavy atom. The van der Waals surface area contributed by atoms with E-state index < -0.39 is 18.5 Å². The summed E-state index contributed by atoms with van der Waals surface area (Å²) in [6.07, 6.45) is 4.96. The van der Waals surface area contributed by atoms with E-state index in [1.165, 1.54) is 32.4 Å². The van der Waals surface area contributed by atoms with Crippen molar-refractivity contribution in [1.82, 2.24) is 5.01 Å². The molecule has 1 aliphatic carbocycles. The predicted octanol–water partition coefficient (Wildman–Crippen LogP) is 5.69. The smallest absolute Gasteiger partial charge is 0.342 e. The van der Waals surface area contributed by atoms with Crippen LogP contribution in [-0.4, -0.2) is 50.5 Å². The van der Waals surface area contributed by atoms with E-state index in [2.05, 4.69) is 18.2 Å². The van der Waals surface area contributed by atoms with Gasteiger partial charge in [-0.05, 0) is 42.0 Å². The Hall–Kier alpha value is -4.59. The molecule has 0 bridgehead atoms. The maximum atomic E-state index is 13.6. The summed E-state index contributed by atoms with van der Waals surface area (Å²) in [4.78, 5) is 26.7. The lowest BCUT2D eigenvalue weighted by Gasteiger charge is -2.29. The third-order valence-electron chi connectivity index (χ3n) is 7.29. The second kappa shape index (κ2) is 12.1. The lowest BCUT2D eigenvalue weighted by Crippen LogP contribution is -2.34. The number of carbonyl (C=O) groups is 2. The number of ether oxygens (including phenoxy) is 4. The lowest BCUT2D eigenvalue weighted by atomic mass is 9.77. The van der Waals surface area contributed by atoms with Gasteiger partial charge in [0.25, 0.3) is 5.91 Å². The first kappa shape index (κ1) is 27.0. The number of methoxy groups -OCH3 is 3. The van der Waals surface area contributed by atoms with Crippen molar-refractivity contribution in [3.63, 3.8) is 0 Å². The second-order valence-electron chi connectivity index (χ2n) is 9.64. The first-order chi connectivity index (χ1) is 19.5. The Kier molecular flexibility index (Phi) is 8.15. The third kappa shape index (κ3) is 5.43. The zero-order valence-corrected chi connectivity index (χ0v) is 22.8. The zero-order chi connectivity index (χ0) is 28.1. The van der Waals surface area contributed by atoms with Crippen LogP contribution in [0, 0.1) is 5.92 Å². The fourth-order valence-corrected chi connectivity index (χ4v) is 5.40. The van der Waals surface area contributed by atoms with Gasteiger partial charge < -0.3 is 18.9 Å². The molecule has 40 heavy (non-hydrogen) atoms. The molecule has 5 rings (SSSR count). The van der Waals surface area contributed by atoms with Gasteiger partial charge in [-0.25, -0.2) is 9.80 Å². The predicted molar refractivity (Wildman–Crippen MR) is 152 cm³/mol. The Morgan fingerprint density at radius 2 is 1.55 bits per heavy atom. The number of esters is 1. The van der Waals surface area contributed by atoms with Crippen LogP contribution in [0.2, 0.25) is 0 Å². The number of hydrazone groups is 1. The molecular formula is C32H32N2O6. The molecule has 1 fully saturated rings. The second-order valence-corrected chi connectivity index (χ2v) is 9.64. The van der Waals surface area contributed by atoms with Crippen LogP contribution in [0.3, 0.4) is 0 Å². The molecule has 1 aliphatic heterocycles. The van der Waals surface area contributed by atoms with Gasteiger partial charge in [0, 0.05) is 18.1 Å². The van der Waals surface area contributed by atoms with Gasteiger partial charge in [0.1, 0.15) is 11.3 Å². The average molecular weight is 541 g/mol. The van der Waals surface area contributed by atoms with Crippen molar-refractivity contribution >= 4 is 23.7 Å².